The third kappa shape index (κ3) is 2.94. The van der Waals surface area contributed by atoms with Crippen LogP contribution in [0.2, 0.25) is 0 Å². The van der Waals surface area contributed by atoms with Gasteiger partial charge in [0.2, 0.25) is 0 Å². The van der Waals surface area contributed by atoms with Crippen LogP contribution in [-0.4, -0.2) is 12.4 Å². The Balaban J connectivity index is 2.31. The van der Waals surface area contributed by atoms with Gasteiger partial charge in [-0.3, -0.25) is 5.41 Å². The first-order chi connectivity index (χ1) is 9.11. The van der Waals surface area contributed by atoms with Crippen LogP contribution in [0.3, 0.4) is 0 Å². The van der Waals surface area contributed by atoms with Gasteiger partial charge in [0.15, 0.2) is 0 Å². The summed E-state index contributed by atoms with van der Waals surface area (Å²) in [6.45, 7) is 5.10. The van der Waals surface area contributed by atoms with E-state index in [9.17, 15) is 0 Å². The number of nitrogens with one attached hydrogen (secondary N) is 1. The van der Waals surface area contributed by atoms with Crippen LogP contribution in [0.4, 0.5) is 11.4 Å². The number of amidine groups is 1. The molecule has 19 heavy (non-hydrogen) atoms. The Morgan fingerprint density at radius 1 is 1.00 bits per heavy atom. The van der Waals surface area contributed by atoms with Crippen LogP contribution in [0.1, 0.15) is 18.1 Å². The zero-order valence-electron chi connectivity index (χ0n) is 11.4. The maximum Gasteiger partial charge on any atom is 0.122 e. The highest BCUT2D eigenvalue weighted by molar-refractivity contribution is 5.95. The van der Waals surface area contributed by atoms with Crippen LogP contribution in [0.15, 0.2) is 48.5 Å². The molecule has 0 spiro atoms. The summed E-state index contributed by atoms with van der Waals surface area (Å²) in [6, 6.07) is 16.2. The highest BCUT2D eigenvalue weighted by Gasteiger charge is 2.07. The normalized spacial score (nSPS) is 10.2. The monoisotopic (exact) mass is 253 g/mol. The van der Waals surface area contributed by atoms with E-state index in [-0.39, 0.29) is 5.84 Å². The van der Waals surface area contributed by atoms with Crippen LogP contribution < -0.4 is 10.6 Å². The van der Waals surface area contributed by atoms with Crippen molar-refractivity contribution in [2.75, 3.05) is 11.4 Å². The van der Waals surface area contributed by atoms with Gasteiger partial charge in [0, 0.05) is 23.5 Å². The maximum atomic E-state index is 7.41. The molecule has 2 aromatic carbocycles. The number of nitrogens with zero attached hydrogens (tertiary/aromatic N) is 1. The molecule has 0 unspecified atom stereocenters. The van der Waals surface area contributed by atoms with Crippen molar-refractivity contribution in [1.82, 2.24) is 0 Å². The van der Waals surface area contributed by atoms with Gasteiger partial charge < -0.3 is 10.6 Å². The molecule has 0 radical (unpaired) electrons. The fraction of sp³-hybridized carbons (Fsp3) is 0.188. The number of rotatable bonds is 4. The van der Waals surface area contributed by atoms with Gasteiger partial charge >= 0.3 is 0 Å². The third-order valence-electron chi connectivity index (χ3n) is 3.15. The summed E-state index contributed by atoms with van der Waals surface area (Å²) >= 11 is 0. The van der Waals surface area contributed by atoms with E-state index in [2.05, 4.69) is 43.0 Å². The van der Waals surface area contributed by atoms with Gasteiger partial charge in [0.1, 0.15) is 5.84 Å². The second-order valence-corrected chi connectivity index (χ2v) is 4.54. The Labute approximate surface area is 114 Å². The number of nitrogens with two attached hydrogens (primary N) is 1. The summed E-state index contributed by atoms with van der Waals surface area (Å²) in [5.41, 5.74) is 9.76. The van der Waals surface area contributed by atoms with Gasteiger partial charge in [-0.05, 0) is 50.2 Å². The Morgan fingerprint density at radius 2 is 1.47 bits per heavy atom. The molecular weight excluding hydrogens is 234 g/mol. The minimum absolute atomic E-state index is 0.102. The molecule has 0 fully saturated rings. The van der Waals surface area contributed by atoms with E-state index < -0.39 is 0 Å². The predicted octanol–water partition coefficient (Wildman–Crippen LogP) is 3.44. The van der Waals surface area contributed by atoms with E-state index in [0.29, 0.717) is 0 Å². The van der Waals surface area contributed by atoms with Crippen LogP contribution in [0, 0.1) is 12.3 Å². The number of hydrogen-bond donors (Lipinski definition) is 2. The van der Waals surface area contributed by atoms with Crippen molar-refractivity contribution < 1.29 is 0 Å². The van der Waals surface area contributed by atoms with Gasteiger partial charge in [-0.25, -0.2) is 0 Å². The van der Waals surface area contributed by atoms with E-state index in [4.69, 9.17) is 11.1 Å². The molecule has 2 rings (SSSR count). The lowest BCUT2D eigenvalue weighted by molar-refractivity contribution is 1.02. The van der Waals surface area contributed by atoms with E-state index >= 15 is 0 Å². The summed E-state index contributed by atoms with van der Waals surface area (Å²) in [5.74, 6) is 0.102. The molecule has 0 heterocycles. The molecule has 0 amide bonds. The van der Waals surface area contributed by atoms with E-state index in [0.717, 1.165) is 17.8 Å². The lowest BCUT2D eigenvalue weighted by Crippen LogP contribution is -2.16. The first kappa shape index (κ1) is 13.1. The molecule has 0 aliphatic heterocycles. The number of nitrogen functional groups attached to an aromatic ring is 1. The first-order valence-corrected chi connectivity index (χ1v) is 6.40. The van der Waals surface area contributed by atoms with Gasteiger partial charge in [-0.15, -0.1) is 0 Å². The summed E-state index contributed by atoms with van der Waals surface area (Å²) in [4.78, 5) is 2.23. The molecule has 0 aromatic heterocycles. The lowest BCUT2D eigenvalue weighted by Gasteiger charge is -2.23. The zero-order chi connectivity index (χ0) is 13.8. The predicted molar refractivity (Wildman–Crippen MR) is 81.3 cm³/mol. The molecule has 2 aromatic rings. The second kappa shape index (κ2) is 5.57. The summed E-state index contributed by atoms with van der Waals surface area (Å²) < 4.78 is 0. The van der Waals surface area contributed by atoms with Gasteiger partial charge in [0.25, 0.3) is 0 Å². The topological polar surface area (TPSA) is 53.1 Å². The Kier molecular flexibility index (Phi) is 3.85. The zero-order valence-corrected chi connectivity index (χ0v) is 11.4. The maximum absolute atomic E-state index is 7.41. The average molecular weight is 253 g/mol. The van der Waals surface area contributed by atoms with Crippen molar-refractivity contribution in [3.8, 4) is 0 Å². The summed E-state index contributed by atoms with van der Waals surface area (Å²) in [6.07, 6.45) is 0. The molecule has 0 saturated carbocycles. The van der Waals surface area contributed by atoms with Crippen LogP contribution in [-0.2, 0) is 0 Å². The van der Waals surface area contributed by atoms with Gasteiger partial charge in [0.05, 0.1) is 0 Å². The molecule has 98 valence electrons. The SMILES string of the molecule is CCN(c1ccc(C)cc1)c1ccc(C(=N)N)cc1. The number of aryl methyl sites for hydroxylation is 1. The molecule has 3 heteroatoms. The van der Waals surface area contributed by atoms with Crippen LogP contribution in [0.25, 0.3) is 0 Å². The Hall–Kier alpha value is -2.29. The first-order valence-electron chi connectivity index (χ1n) is 6.40. The van der Waals surface area contributed by atoms with Crippen molar-refractivity contribution >= 4 is 17.2 Å². The largest absolute Gasteiger partial charge is 0.384 e. The smallest absolute Gasteiger partial charge is 0.122 e. The van der Waals surface area contributed by atoms with Crippen molar-refractivity contribution in [3.05, 3.63) is 59.7 Å². The fourth-order valence-corrected chi connectivity index (χ4v) is 2.06. The number of hydrogen-bond acceptors (Lipinski definition) is 2. The molecule has 0 aliphatic carbocycles. The standard InChI is InChI=1S/C16H19N3/c1-3-19(14-8-4-12(2)5-9-14)15-10-6-13(7-11-15)16(17)18/h4-11H,3H2,1-2H3,(H3,17,18). The quantitative estimate of drug-likeness (QED) is 0.648. The van der Waals surface area contributed by atoms with E-state index in [1.54, 1.807) is 0 Å². The molecule has 3 nitrogen and oxygen atoms in total. The minimum Gasteiger partial charge on any atom is -0.384 e. The van der Waals surface area contributed by atoms with Gasteiger partial charge in [-0.2, -0.15) is 0 Å². The molecule has 0 saturated heterocycles. The minimum atomic E-state index is 0.102. The highest BCUT2D eigenvalue weighted by Crippen LogP contribution is 2.25. The summed E-state index contributed by atoms with van der Waals surface area (Å²) in [5, 5.41) is 7.41. The molecule has 0 aliphatic rings. The van der Waals surface area contributed by atoms with Crippen LogP contribution >= 0.6 is 0 Å². The number of benzene rings is 2. The van der Waals surface area contributed by atoms with E-state index in [1.165, 1.54) is 11.3 Å². The lowest BCUT2D eigenvalue weighted by atomic mass is 10.1. The van der Waals surface area contributed by atoms with Crippen LogP contribution in [0.5, 0.6) is 0 Å². The third-order valence-corrected chi connectivity index (χ3v) is 3.15. The van der Waals surface area contributed by atoms with Crippen molar-refractivity contribution in [3.63, 3.8) is 0 Å². The Bertz CT molecular complexity index is 556. The van der Waals surface area contributed by atoms with Crippen molar-refractivity contribution in [2.24, 2.45) is 5.73 Å². The molecule has 0 atom stereocenters. The molecule has 3 N–H and O–H groups in total. The van der Waals surface area contributed by atoms with Crippen molar-refractivity contribution in [1.29, 1.82) is 5.41 Å². The van der Waals surface area contributed by atoms with Crippen molar-refractivity contribution in [2.45, 2.75) is 13.8 Å². The fourth-order valence-electron chi connectivity index (χ4n) is 2.06. The Morgan fingerprint density at radius 3 is 1.89 bits per heavy atom. The average Bonchev–Trinajstić information content (AvgIpc) is 2.42. The highest BCUT2D eigenvalue weighted by atomic mass is 15.1. The summed E-state index contributed by atoms with van der Waals surface area (Å²) in [7, 11) is 0. The number of anilines is 2. The molecular formula is C16H19N3. The second-order valence-electron chi connectivity index (χ2n) is 4.54. The van der Waals surface area contributed by atoms with Gasteiger partial charge in [-0.1, -0.05) is 17.7 Å². The van der Waals surface area contributed by atoms with E-state index in [1.807, 2.05) is 24.3 Å². The molecule has 0 bridgehead atoms.